The molecule has 2 heterocycles. The van der Waals surface area contributed by atoms with Crippen LogP contribution in [0, 0.1) is 0 Å². The molecule has 12 heavy (non-hydrogen) atoms. The van der Waals surface area contributed by atoms with Gasteiger partial charge in [0.2, 0.25) is 0 Å². The molecule has 2 N–H and O–H groups in total. The zero-order valence-corrected chi connectivity index (χ0v) is 6.64. The minimum Gasteiger partial charge on any atom is -0.392 e. The molecular formula is C6H11N5O. The van der Waals surface area contributed by atoms with Crippen LogP contribution < -0.4 is 0 Å². The highest BCUT2D eigenvalue weighted by Gasteiger charge is 2.20. The van der Waals surface area contributed by atoms with Crippen molar-refractivity contribution in [3.63, 3.8) is 0 Å². The van der Waals surface area contributed by atoms with Crippen molar-refractivity contribution in [2.24, 2.45) is 0 Å². The van der Waals surface area contributed by atoms with E-state index in [4.69, 9.17) is 0 Å². The third-order valence-electron chi connectivity index (χ3n) is 2.00. The summed E-state index contributed by atoms with van der Waals surface area (Å²) in [7, 11) is 0. The largest absolute Gasteiger partial charge is 0.392 e. The maximum absolute atomic E-state index is 9.22. The summed E-state index contributed by atoms with van der Waals surface area (Å²) in [5.74, 6) is 0.684. The van der Waals surface area contributed by atoms with Crippen LogP contribution in [0.1, 0.15) is 12.2 Å². The number of aliphatic hydroxyl groups is 1. The highest BCUT2D eigenvalue weighted by atomic mass is 16.3. The van der Waals surface area contributed by atoms with E-state index in [0.717, 1.165) is 13.0 Å². The molecule has 1 aromatic heterocycles. The highest BCUT2D eigenvalue weighted by molar-refractivity contribution is 4.81. The van der Waals surface area contributed by atoms with Gasteiger partial charge in [0.05, 0.1) is 12.6 Å². The zero-order chi connectivity index (χ0) is 8.39. The number of H-pyrrole nitrogens is 1. The molecule has 0 radical (unpaired) electrons. The molecular weight excluding hydrogens is 158 g/mol. The molecule has 0 unspecified atom stereocenters. The van der Waals surface area contributed by atoms with Crippen molar-refractivity contribution >= 4 is 0 Å². The van der Waals surface area contributed by atoms with E-state index in [2.05, 4.69) is 25.5 Å². The Kier molecular flexibility index (Phi) is 2.01. The zero-order valence-electron chi connectivity index (χ0n) is 6.64. The number of aromatic amines is 1. The van der Waals surface area contributed by atoms with Gasteiger partial charge in [0.25, 0.3) is 0 Å². The Hall–Kier alpha value is -1.01. The number of hydrogen-bond donors (Lipinski definition) is 2. The van der Waals surface area contributed by atoms with Gasteiger partial charge in [-0.15, -0.1) is 10.2 Å². The topological polar surface area (TPSA) is 77.9 Å². The van der Waals surface area contributed by atoms with Crippen LogP contribution in [0.5, 0.6) is 0 Å². The molecule has 0 aliphatic carbocycles. The molecule has 0 bridgehead atoms. The molecule has 1 aromatic rings. The van der Waals surface area contributed by atoms with Gasteiger partial charge in [-0.25, -0.2) is 0 Å². The first-order valence-electron chi connectivity index (χ1n) is 3.97. The van der Waals surface area contributed by atoms with Crippen LogP contribution >= 0.6 is 0 Å². The van der Waals surface area contributed by atoms with Crippen molar-refractivity contribution in [1.29, 1.82) is 0 Å². The number of tetrazole rings is 1. The second-order valence-corrected chi connectivity index (χ2v) is 3.01. The molecule has 0 amide bonds. The maximum Gasteiger partial charge on any atom is 0.188 e. The van der Waals surface area contributed by atoms with Crippen LogP contribution in [0.2, 0.25) is 0 Å². The van der Waals surface area contributed by atoms with E-state index in [-0.39, 0.29) is 6.10 Å². The average Bonchev–Trinajstić information content (AvgIpc) is 2.63. The molecule has 66 valence electrons. The quantitative estimate of drug-likeness (QED) is 0.579. The van der Waals surface area contributed by atoms with Crippen molar-refractivity contribution in [3.05, 3.63) is 5.82 Å². The van der Waals surface area contributed by atoms with Crippen molar-refractivity contribution in [1.82, 2.24) is 25.5 Å². The fourth-order valence-electron chi connectivity index (χ4n) is 1.41. The summed E-state index contributed by atoms with van der Waals surface area (Å²) in [4.78, 5) is 2.11. The van der Waals surface area contributed by atoms with E-state index >= 15 is 0 Å². The monoisotopic (exact) mass is 169 g/mol. The van der Waals surface area contributed by atoms with Gasteiger partial charge in [0.1, 0.15) is 0 Å². The van der Waals surface area contributed by atoms with Crippen LogP contribution in [0.15, 0.2) is 0 Å². The van der Waals surface area contributed by atoms with E-state index < -0.39 is 0 Å². The molecule has 1 fully saturated rings. The first-order valence-corrected chi connectivity index (χ1v) is 3.97. The fraction of sp³-hybridized carbons (Fsp3) is 0.833. The Labute approximate surface area is 69.6 Å². The van der Waals surface area contributed by atoms with Crippen LogP contribution in [-0.4, -0.2) is 49.8 Å². The molecule has 0 spiro atoms. The minimum absolute atomic E-state index is 0.183. The number of rotatable bonds is 2. The SMILES string of the molecule is O[C@@H]1CCN(Cc2nn[nH]n2)C1. The predicted octanol–water partition coefficient (Wildman–Crippen LogP) is -1.23. The lowest BCUT2D eigenvalue weighted by molar-refractivity contribution is 0.174. The molecule has 0 saturated carbocycles. The Morgan fingerprint density at radius 3 is 3.17 bits per heavy atom. The number of nitrogens with one attached hydrogen (secondary N) is 1. The van der Waals surface area contributed by atoms with E-state index in [0.29, 0.717) is 18.9 Å². The van der Waals surface area contributed by atoms with Crippen LogP contribution in [-0.2, 0) is 6.54 Å². The second kappa shape index (κ2) is 3.16. The van der Waals surface area contributed by atoms with Crippen LogP contribution in [0.4, 0.5) is 0 Å². The van der Waals surface area contributed by atoms with Gasteiger partial charge in [0, 0.05) is 13.1 Å². The van der Waals surface area contributed by atoms with Gasteiger partial charge in [-0.3, -0.25) is 4.90 Å². The first-order chi connectivity index (χ1) is 5.84. The Morgan fingerprint density at radius 2 is 2.58 bits per heavy atom. The van der Waals surface area contributed by atoms with Gasteiger partial charge >= 0.3 is 0 Å². The fourth-order valence-corrected chi connectivity index (χ4v) is 1.41. The molecule has 0 aromatic carbocycles. The highest BCUT2D eigenvalue weighted by Crippen LogP contribution is 2.10. The summed E-state index contributed by atoms with van der Waals surface area (Å²) < 4.78 is 0. The minimum atomic E-state index is -0.183. The molecule has 6 nitrogen and oxygen atoms in total. The number of nitrogens with zero attached hydrogens (tertiary/aromatic N) is 4. The standard InChI is InChI=1S/C6H11N5O/c12-5-1-2-11(3-5)4-6-7-9-10-8-6/h5,12H,1-4H2,(H,7,8,9,10)/t5-/m1/s1. The third kappa shape index (κ3) is 1.59. The van der Waals surface area contributed by atoms with Crippen LogP contribution in [0.25, 0.3) is 0 Å². The molecule has 1 saturated heterocycles. The summed E-state index contributed by atoms with van der Waals surface area (Å²) in [5, 5.41) is 22.7. The lowest BCUT2D eigenvalue weighted by Crippen LogP contribution is -2.22. The Morgan fingerprint density at radius 1 is 1.67 bits per heavy atom. The molecule has 1 atom stereocenters. The number of hydrogen-bond acceptors (Lipinski definition) is 5. The smallest absolute Gasteiger partial charge is 0.188 e. The van der Waals surface area contributed by atoms with Crippen molar-refractivity contribution in [3.8, 4) is 0 Å². The molecule has 1 aliphatic heterocycles. The van der Waals surface area contributed by atoms with Crippen LogP contribution in [0.3, 0.4) is 0 Å². The van der Waals surface area contributed by atoms with Gasteiger partial charge < -0.3 is 5.11 Å². The lowest BCUT2D eigenvalue weighted by Gasteiger charge is -2.10. The molecule has 2 rings (SSSR count). The predicted molar refractivity (Wildman–Crippen MR) is 40.1 cm³/mol. The maximum atomic E-state index is 9.22. The normalized spacial score (nSPS) is 24.9. The van der Waals surface area contributed by atoms with E-state index in [1.807, 2.05) is 0 Å². The third-order valence-corrected chi connectivity index (χ3v) is 2.00. The molecule has 6 heteroatoms. The summed E-state index contributed by atoms with van der Waals surface area (Å²) in [6, 6.07) is 0. The van der Waals surface area contributed by atoms with E-state index in [9.17, 15) is 5.11 Å². The average molecular weight is 169 g/mol. The van der Waals surface area contributed by atoms with Crippen molar-refractivity contribution < 1.29 is 5.11 Å². The number of likely N-dealkylation sites (tertiary alicyclic amines) is 1. The molecule has 1 aliphatic rings. The summed E-state index contributed by atoms with van der Waals surface area (Å²) in [5.41, 5.74) is 0. The number of aliphatic hydroxyl groups excluding tert-OH is 1. The number of aromatic nitrogens is 4. The summed E-state index contributed by atoms with van der Waals surface area (Å²) in [6.07, 6.45) is 0.662. The van der Waals surface area contributed by atoms with E-state index in [1.54, 1.807) is 0 Å². The summed E-state index contributed by atoms with van der Waals surface area (Å²) >= 11 is 0. The van der Waals surface area contributed by atoms with Gasteiger partial charge in [-0.1, -0.05) is 5.21 Å². The van der Waals surface area contributed by atoms with Gasteiger partial charge in [-0.2, -0.15) is 5.21 Å². The van der Waals surface area contributed by atoms with Gasteiger partial charge in [-0.05, 0) is 6.42 Å². The van der Waals surface area contributed by atoms with Gasteiger partial charge in [0.15, 0.2) is 5.82 Å². The van der Waals surface area contributed by atoms with E-state index in [1.165, 1.54) is 0 Å². The Bertz CT molecular complexity index is 236. The second-order valence-electron chi connectivity index (χ2n) is 3.01. The van der Waals surface area contributed by atoms with Crippen molar-refractivity contribution in [2.75, 3.05) is 13.1 Å². The van der Waals surface area contributed by atoms with Crippen molar-refractivity contribution in [2.45, 2.75) is 19.1 Å². The Balaban J connectivity index is 1.88. The summed E-state index contributed by atoms with van der Waals surface area (Å²) in [6.45, 7) is 2.30. The lowest BCUT2D eigenvalue weighted by atomic mass is 10.3. The number of β-amino-alcohol motifs (C(OH)–C–C–N with tert-alkyl or cyclic N) is 1. The first kappa shape index (κ1) is 7.63.